The van der Waals surface area contributed by atoms with Gasteiger partial charge in [-0.25, -0.2) is 9.82 Å². The van der Waals surface area contributed by atoms with Gasteiger partial charge in [0.05, 0.1) is 12.6 Å². The number of hydrazone groups is 1. The number of rotatable bonds is 6. The van der Waals surface area contributed by atoms with E-state index in [-0.39, 0.29) is 12.0 Å². The lowest BCUT2D eigenvalue weighted by molar-refractivity contribution is -0.120. The van der Waals surface area contributed by atoms with Gasteiger partial charge in [-0.05, 0) is 106 Å². The molecule has 0 heterocycles. The lowest BCUT2D eigenvalue weighted by Crippen LogP contribution is -2.17. The van der Waals surface area contributed by atoms with Gasteiger partial charge in [0.1, 0.15) is 12.1 Å². The molecule has 0 aromatic heterocycles. The van der Waals surface area contributed by atoms with E-state index in [1.165, 1.54) is 24.3 Å². The van der Waals surface area contributed by atoms with Crippen molar-refractivity contribution in [1.29, 1.82) is 0 Å². The van der Waals surface area contributed by atoms with Gasteiger partial charge >= 0.3 is 0 Å². The highest BCUT2D eigenvalue weighted by atomic mass is 32.2. The van der Waals surface area contributed by atoms with Crippen molar-refractivity contribution in [3.8, 4) is 17.2 Å². The molecular weight excluding hydrogens is 483 g/mol. The van der Waals surface area contributed by atoms with Crippen molar-refractivity contribution in [1.82, 2.24) is 5.43 Å². The van der Waals surface area contributed by atoms with Crippen LogP contribution in [-0.4, -0.2) is 38.2 Å². The molecule has 0 fully saturated rings. The molecular formula is C27H23FN2O5S. The van der Waals surface area contributed by atoms with Crippen LogP contribution in [0.3, 0.4) is 0 Å². The molecule has 4 N–H and O–H groups in total. The highest BCUT2D eigenvalue weighted by Gasteiger charge is 2.25. The Kier molecular flexibility index (Phi) is 7.14. The van der Waals surface area contributed by atoms with Gasteiger partial charge in [-0.1, -0.05) is 6.07 Å². The Bertz CT molecular complexity index is 1430. The first-order chi connectivity index (χ1) is 17.2. The van der Waals surface area contributed by atoms with E-state index in [1.54, 1.807) is 24.5 Å². The number of hydrogen-bond acceptors (Lipinski definition) is 6. The van der Waals surface area contributed by atoms with Gasteiger partial charge in [0.2, 0.25) is 11.7 Å². The predicted octanol–water partition coefficient (Wildman–Crippen LogP) is 4.55. The third-order valence-corrected chi connectivity index (χ3v) is 6.80. The molecule has 1 aliphatic carbocycles. The quantitative estimate of drug-likeness (QED) is 0.169. The number of amides is 1. The second-order valence-corrected chi connectivity index (χ2v) is 9.60. The fourth-order valence-electron chi connectivity index (χ4n) is 3.97. The molecule has 1 aliphatic rings. The van der Waals surface area contributed by atoms with Crippen LogP contribution in [0.25, 0.3) is 17.2 Å². The fraction of sp³-hybridized carbons (Fsp3) is 0.111. The summed E-state index contributed by atoms with van der Waals surface area (Å²) in [7, 11) is 0. The molecule has 0 bridgehead atoms. The van der Waals surface area contributed by atoms with Crippen molar-refractivity contribution < 1.29 is 29.1 Å². The molecule has 1 unspecified atom stereocenters. The van der Waals surface area contributed by atoms with Gasteiger partial charge in [-0.15, -0.1) is 0 Å². The topological polar surface area (TPSA) is 125 Å². The number of hydrogen-bond donors (Lipinski definition) is 4. The van der Waals surface area contributed by atoms with Gasteiger partial charge < -0.3 is 19.9 Å². The Balaban J connectivity index is 1.58. The average Bonchev–Trinajstić information content (AvgIpc) is 3.09. The summed E-state index contributed by atoms with van der Waals surface area (Å²) in [5, 5.41) is 32.7. The van der Waals surface area contributed by atoms with Gasteiger partial charge in [0.15, 0.2) is 16.4 Å². The van der Waals surface area contributed by atoms with Crippen molar-refractivity contribution >= 4 is 40.5 Å². The Morgan fingerprint density at radius 1 is 1.06 bits per heavy atom. The van der Waals surface area contributed by atoms with E-state index < -0.39 is 40.1 Å². The van der Waals surface area contributed by atoms with E-state index in [4.69, 9.17) is 0 Å². The van der Waals surface area contributed by atoms with Crippen LogP contribution < -0.4 is 5.43 Å². The van der Waals surface area contributed by atoms with Crippen LogP contribution in [0, 0.1) is 5.82 Å². The number of aromatic hydroxyl groups is 3. The Morgan fingerprint density at radius 3 is 2.47 bits per heavy atom. The van der Waals surface area contributed by atoms with Gasteiger partial charge in [-0.3, -0.25) is 4.79 Å². The highest BCUT2D eigenvalue weighted by Crippen LogP contribution is 2.44. The summed E-state index contributed by atoms with van der Waals surface area (Å²) in [6, 6.07) is 14.2. The van der Waals surface area contributed by atoms with Crippen LogP contribution >= 0.6 is 0 Å². The van der Waals surface area contributed by atoms with E-state index in [9.17, 15) is 29.1 Å². The molecule has 0 spiro atoms. The summed E-state index contributed by atoms with van der Waals surface area (Å²) in [5.74, 6) is -2.62. The maximum Gasteiger partial charge on any atom is 0.244 e. The minimum Gasteiger partial charge on any atom is -0.612 e. The van der Waals surface area contributed by atoms with E-state index in [0.717, 1.165) is 28.5 Å². The van der Waals surface area contributed by atoms with E-state index >= 15 is 0 Å². The number of carbonyl (C=O) groups excluding carboxylic acids is 1. The molecule has 7 nitrogen and oxygen atoms in total. The number of nitrogens with one attached hydrogen (secondary N) is 1. The molecule has 0 aliphatic heterocycles. The number of phenols is 3. The lowest BCUT2D eigenvalue weighted by Gasteiger charge is -2.06. The first-order valence-corrected chi connectivity index (χ1v) is 12.4. The summed E-state index contributed by atoms with van der Waals surface area (Å²) in [6.07, 6.45) is 4.62. The normalized spacial score (nSPS) is 14.9. The van der Waals surface area contributed by atoms with Crippen molar-refractivity contribution in [2.75, 3.05) is 6.26 Å². The van der Waals surface area contributed by atoms with Gasteiger partial charge in [-0.2, -0.15) is 5.10 Å². The maximum absolute atomic E-state index is 14.1. The van der Waals surface area contributed by atoms with Crippen LogP contribution in [-0.2, 0) is 16.0 Å². The molecule has 3 aromatic carbocycles. The van der Waals surface area contributed by atoms with Gasteiger partial charge in [0.25, 0.3) is 0 Å². The molecule has 9 heteroatoms. The fourth-order valence-corrected chi connectivity index (χ4v) is 4.49. The Morgan fingerprint density at radius 2 is 1.78 bits per heavy atom. The van der Waals surface area contributed by atoms with E-state index in [2.05, 4.69) is 10.5 Å². The van der Waals surface area contributed by atoms with Crippen LogP contribution in [0.2, 0.25) is 0 Å². The molecule has 0 saturated heterocycles. The highest BCUT2D eigenvalue weighted by molar-refractivity contribution is 7.90. The molecule has 0 radical (unpaired) electrons. The number of phenolic OH excluding ortho intramolecular Hbond substituents is 3. The number of allylic oxidation sites excluding steroid dienone is 2. The summed E-state index contributed by atoms with van der Waals surface area (Å²) in [5.41, 5.74) is 7.08. The number of benzene rings is 3. The van der Waals surface area contributed by atoms with Crippen LogP contribution in [0.5, 0.6) is 17.2 Å². The summed E-state index contributed by atoms with van der Waals surface area (Å²) < 4.78 is 25.8. The smallest absolute Gasteiger partial charge is 0.244 e. The van der Waals surface area contributed by atoms with Crippen LogP contribution in [0.1, 0.15) is 35.6 Å². The first kappa shape index (κ1) is 25.0. The molecule has 1 amide bonds. The monoisotopic (exact) mass is 506 g/mol. The van der Waals surface area contributed by atoms with Gasteiger partial charge in [0, 0.05) is 5.56 Å². The molecule has 3 aromatic rings. The summed E-state index contributed by atoms with van der Waals surface area (Å²) in [4.78, 5) is 13.4. The zero-order chi connectivity index (χ0) is 26.0. The van der Waals surface area contributed by atoms with Crippen LogP contribution in [0.4, 0.5) is 4.39 Å². The molecule has 4 rings (SSSR count). The Hall–Kier alpha value is -4.08. The third kappa shape index (κ3) is 5.12. The van der Waals surface area contributed by atoms with Crippen LogP contribution in [0.15, 0.2) is 70.2 Å². The summed E-state index contributed by atoms with van der Waals surface area (Å²) in [6.45, 7) is 1.86. The minimum absolute atomic E-state index is 0.0719. The maximum atomic E-state index is 14.1. The zero-order valence-corrected chi connectivity index (χ0v) is 20.3. The number of nitrogens with zero attached hydrogens (tertiary/aromatic N) is 1. The zero-order valence-electron chi connectivity index (χ0n) is 19.4. The minimum atomic E-state index is -1.08. The molecule has 36 heavy (non-hydrogen) atoms. The number of carbonyl (C=O) groups is 1. The first-order valence-electron chi connectivity index (χ1n) is 10.9. The second kappa shape index (κ2) is 10.3. The van der Waals surface area contributed by atoms with Crippen molar-refractivity contribution in [2.24, 2.45) is 5.10 Å². The van der Waals surface area contributed by atoms with E-state index in [0.29, 0.717) is 16.0 Å². The SMILES string of the molecule is CC1=C(CC(=O)NN=Cc2ccc(O)c(O)c2O)c2cc(F)ccc2/C1=C\c1ccc([S+](C)[O-])cc1. The summed E-state index contributed by atoms with van der Waals surface area (Å²) >= 11 is -1.08. The lowest BCUT2D eigenvalue weighted by atomic mass is 10.0. The largest absolute Gasteiger partial charge is 0.612 e. The number of halogens is 1. The van der Waals surface area contributed by atoms with E-state index in [1.807, 2.05) is 25.1 Å². The standard InChI is InChI=1S/C27H23FN2O5S/c1-15-21(11-16-3-7-19(8-4-16)36(2)35)20-9-6-18(28)12-23(20)22(15)13-25(32)30-29-14-17-5-10-24(31)27(34)26(17)33/h3-12,14,31,33-34H,13H2,1-2H3,(H,30,32)/b21-11-,29-14?. The predicted molar refractivity (Wildman–Crippen MR) is 137 cm³/mol. The number of fused-ring (bicyclic) bond motifs is 1. The second-order valence-electron chi connectivity index (χ2n) is 8.22. The molecule has 0 saturated carbocycles. The molecule has 1 atom stereocenters. The third-order valence-electron chi connectivity index (χ3n) is 5.87. The average molecular weight is 507 g/mol. The van der Waals surface area contributed by atoms with Crippen molar-refractivity contribution in [2.45, 2.75) is 18.2 Å². The molecule has 184 valence electrons. The Labute approximate surface area is 210 Å². The van der Waals surface area contributed by atoms with Crippen molar-refractivity contribution in [3.05, 3.63) is 88.2 Å². The van der Waals surface area contributed by atoms with Crippen molar-refractivity contribution in [3.63, 3.8) is 0 Å².